The number of rotatable bonds is 4. The van der Waals surface area contributed by atoms with Crippen LogP contribution in [0.4, 0.5) is 0 Å². The van der Waals surface area contributed by atoms with Crippen LogP contribution in [0.2, 0.25) is 0 Å². The molecule has 0 radical (unpaired) electrons. The summed E-state index contributed by atoms with van der Waals surface area (Å²) >= 11 is 0. The maximum atomic E-state index is 2.62. The molecule has 0 N–H and O–H groups in total. The monoisotopic (exact) mass is 405 g/mol. The SMILES string of the molecule is C1=[N+](Cc2ccc3ccccc3c2)[C@@H]2CCCC[C@H]2N1Cc1ccc2ccccc2c1. The molecule has 1 aliphatic carbocycles. The Labute approximate surface area is 184 Å². The van der Waals surface area contributed by atoms with E-state index in [1.165, 1.54) is 58.4 Å². The zero-order valence-electron chi connectivity index (χ0n) is 18.0. The van der Waals surface area contributed by atoms with Gasteiger partial charge in [0.05, 0.1) is 0 Å². The molecular formula is C29H29N2+. The van der Waals surface area contributed by atoms with Gasteiger partial charge in [0.25, 0.3) is 0 Å². The van der Waals surface area contributed by atoms with Gasteiger partial charge >= 0.3 is 0 Å². The third kappa shape index (κ3) is 3.61. The van der Waals surface area contributed by atoms with Crippen LogP contribution in [-0.2, 0) is 13.1 Å². The molecule has 0 amide bonds. The lowest BCUT2D eigenvalue weighted by molar-refractivity contribution is -0.573. The van der Waals surface area contributed by atoms with Gasteiger partial charge in [-0.1, -0.05) is 72.8 Å². The van der Waals surface area contributed by atoms with Crippen LogP contribution in [-0.4, -0.2) is 27.9 Å². The van der Waals surface area contributed by atoms with Crippen molar-refractivity contribution in [2.75, 3.05) is 0 Å². The third-order valence-electron chi connectivity index (χ3n) is 7.20. The van der Waals surface area contributed by atoms with E-state index < -0.39 is 0 Å². The summed E-state index contributed by atoms with van der Waals surface area (Å²) < 4.78 is 2.62. The second kappa shape index (κ2) is 7.85. The van der Waals surface area contributed by atoms with E-state index in [-0.39, 0.29) is 0 Å². The Morgan fingerprint density at radius 3 is 2.03 bits per heavy atom. The molecule has 2 aliphatic rings. The van der Waals surface area contributed by atoms with Gasteiger partial charge in [0, 0.05) is 0 Å². The normalized spacial score (nSPS) is 20.8. The molecule has 6 rings (SSSR count). The standard InChI is InChI=1S/C29H29N2/c1-3-9-26-17-22(13-15-24(26)7-1)19-30-21-31(29-12-6-5-11-28(29)30)20-23-14-16-25-8-2-4-10-27(25)18-23/h1-4,7-10,13-18,21,28-29H,5-6,11-12,19-20H2/q+1/t28-,29-/m1/s1. The molecule has 0 unspecified atom stereocenters. The largest absolute Gasteiger partial charge is 0.257 e. The van der Waals surface area contributed by atoms with Gasteiger partial charge in [-0.05, 0) is 70.5 Å². The van der Waals surface area contributed by atoms with E-state index in [1.54, 1.807) is 0 Å². The van der Waals surface area contributed by atoms with Crippen LogP contribution in [0.3, 0.4) is 0 Å². The maximum Gasteiger partial charge on any atom is 0.235 e. The molecule has 1 heterocycles. The minimum Gasteiger partial charge on any atom is -0.257 e. The van der Waals surface area contributed by atoms with Crippen LogP contribution in [0.1, 0.15) is 36.8 Å². The predicted octanol–water partition coefficient (Wildman–Crippen LogP) is 6.36. The molecule has 154 valence electrons. The smallest absolute Gasteiger partial charge is 0.235 e. The summed E-state index contributed by atoms with van der Waals surface area (Å²) in [4.78, 5) is 2.62. The number of hydrogen-bond acceptors (Lipinski definition) is 1. The molecule has 4 aromatic rings. The van der Waals surface area contributed by atoms with Crippen LogP contribution >= 0.6 is 0 Å². The third-order valence-corrected chi connectivity index (χ3v) is 7.20. The molecule has 1 aliphatic heterocycles. The Morgan fingerprint density at radius 1 is 0.677 bits per heavy atom. The maximum absolute atomic E-state index is 2.62. The lowest BCUT2D eigenvalue weighted by Gasteiger charge is -2.27. The fraction of sp³-hybridized carbons (Fsp3) is 0.276. The van der Waals surface area contributed by atoms with E-state index in [2.05, 4.69) is 101 Å². The van der Waals surface area contributed by atoms with E-state index in [4.69, 9.17) is 0 Å². The van der Waals surface area contributed by atoms with Gasteiger partial charge in [0.2, 0.25) is 6.34 Å². The molecule has 2 atom stereocenters. The van der Waals surface area contributed by atoms with E-state index in [1.807, 2.05) is 0 Å². The van der Waals surface area contributed by atoms with Crippen LogP contribution in [0.25, 0.3) is 21.5 Å². The van der Waals surface area contributed by atoms with Gasteiger partial charge in [-0.15, -0.1) is 0 Å². The molecule has 1 fully saturated rings. The molecular weight excluding hydrogens is 376 g/mol. The predicted molar refractivity (Wildman–Crippen MR) is 130 cm³/mol. The number of fused-ring (bicyclic) bond motifs is 3. The van der Waals surface area contributed by atoms with Crippen molar-refractivity contribution < 1.29 is 4.58 Å². The topological polar surface area (TPSA) is 6.25 Å². The summed E-state index contributed by atoms with van der Waals surface area (Å²) in [6.45, 7) is 2.00. The van der Waals surface area contributed by atoms with Gasteiger partial charge in [-0.2, -0.15) is 0 Å². The minimum absolute atomic E-state index is 0.640. The van der Waals surface area contributed by atoms with E-state index >= 15 is 0 Å². The van der Waals surface area contributed by atoms with Crippen molar-refractivity contribution in [3.05, 3.63) is 96.1 Å². The van der Waals surface area contributed by atoms with Crippen LogP contribution in [0.5, 0.6) is 0 Å². The van der Waals surface area contributed by atoms with Gasteiger partial charge in [0.15, 0.2) is 0 Å². The summed E-state index contributed by atoms with van der Waals surface area (Å²) in [5.41, 5.74) is 2.82. The van der Waals surface area contributed by atoms with Gasteiger partial charge in [-0.25, -0.2) is 0 Å². The molecule has 31 heavy (non-hydrogen) atoms. The fourth-order valence-electron chi connectivity index (χ4n) is 5.64. The highest BCUT2D eigenvalue weighted by atomic mass is 15.3. The summed E-state index contributed by atoms with van der Waals surface area (Å²) in [6.07, 6.45) is 7.76. The lowest BCUT2D eigenvalue weighted by atomic mass is 9.89. The molecule has 0 spiro atoms. The van der Waals surface area contributed by atoms with Crippen molar-refractivity contribution in [2.45, 2.75) is 50.9 Å². The van der Waals surface area contributed by atoms with Gasteiger partial charge in [-0.3, -0.25) is 9.48 Å². The van der Waals surface area contributed by atoms with E-state index in [9.17, 15) is 0 Å². The summed E-state index contributed by atoms with van der Waals surface area (Å²) in [5.74, 6) is 0. The highest BCUT2D eigenvalue weighted by Crippen LogP contribution is 2.31. The van der Waals surface area contributed by atoms with Crippen molar-refractivity contribution >= 4 is 27.9 Å². The first kappa shape index (κ1) is 18.6. The lowest BCUT2D eigenvalue weighted by Crippen LogP contribution is -2.40. The zero-order valence-corrected chi connectivity index (χ0v) is 18.0. The average Bonchev–Trinajstić information content (AvgIpc) is 3.16. The van der Waals surface area contributed by atoms with Crippen molar-refractivity contribution in [1.29, 1.82) is 0 Å². The van der Waals surface area contributed by atoms with Gasteiger partial charge < -0.3 is 0 Å². The Morgan fingerprint density at radius 2 is 1.29 bits per heavy atom. The van der Waals surface area contributed by atoms with Gasteiger partial charge in [0.1, 0.15) is 25.2 Å². The van der Waals surface area contributed by atoms with Crippen LogP contribution in [0.15, 0.2) is 84.9 Å². The van der Waals surface area contributed by atoms with Crippen molar-refractivity contribution in [2.24, 2.45) is 0 Å². The molecule has 2 heteroatoms. The Bertz CT molecular complexity index is 1270. The highest BCUT2D eigenvalue weighted by Gasteiger charge is 2.42. The Balaban J connectivity index is 1.28. The summed E-state index contributed by atoms with van der Waals surface area (Å²) in [6, 6.07) is 32.5. The van der Waals surface area contributed by atoms with Crippen molar-refractivity contribution in [1.82, 2.24) is 4.90 Å². The van der Waals surface area contributed by atoms with E-state index in [0.29, 0.717) is 12.1 Å². The number of benzene rings is 4. The molecule has 0 saturated heterocycles. The quantitative estimate of drug-likeness (QED) is 0.358. The Kier molecular flexibility index (Phi) is 4.71. The van der Waals surface area contributed by atoms with Crippen molar-refractivity contribution in [3.8, 4) is 0 Å². The van der Waals surface area contributed by atoms with Crippen LogP contribution in [0, 0.1) is 0 Å². The van der Waals surface area contributed by atoms with Crippen LogP contribution < -0.4 is 0 Å². The van der Waals surface area contributed by atoms with E-state index in [0.717, 1.165) is 13.1 Å². The first-order chi connectivity index (χ1) is 15.3. The molecule has 2 nitrogen and oxygen atoms in total. The first-order valence-corrected chi connectivity index (χ1v) is 11.7. The summed E-state index contributed by atoms with van der Waals surface area (Å²) in [5, 5.41) is 5.33. The molecule has 4 aromatic carbocycles. The fourth-order valence-corrected chi connectivity index (χ4v) is 5.64. The molecule has 0 bridgehead atoms. The van der Waals surface area contributed by atoms with Crippen molar-refractivity contribution in [3.63, 3.8) is 0 Å². The minimum atomic E-state index is 0.640. The molecule has 1 saturated carbocycles. The second-order valence-electron chi connectivity index (χ2n) is 9.24. The second-order valence-corrected chi connectivity index (χ2v) is 9.24. The highest BCUT2D eigenvalue weighted by molar-refractivity contribution is 5.83. The molecule has 0 aromatic heterocycles. The number of nitrogens with zero attached hydrogens (tertiary/aromatic N) is 2. The first-order valence-electron chi connectivity index (χ1n) is 11.7. The Hall–Kier alpha value is -3.13. The zero-order chi connectivity index (χ0) is 20.6. The summed E-state index contributed by atoms with van der Waals surface area (Å²) in [7, 11) is 0. The number of hydrogen-bond donors (Lipinski definition) is 0. The average molecular weight is 406 g/mol.